The maximum Gasteiger partial charge on any atom is 0.0621 e. The number of nitrogens with zero attached hydrogens (tertiary/aromatic N) is 1. The van der Waals surface area contributed by atoms with Gasteiger partial charge >= 0.3 is 0 Å². The Balaban J connectivity index is 1.89. The molecule has 16 heavy (non-hydrogen) atoms. The molecule has 2 heterocycles. The zero-order chi connectivity index (χ0) is 11.4. The zero-order valence-corrected chi connectivity index (χ0v) is 10.5. The fraction of sp³-hybridized carbons (Fsp3) is 1.00. The Labute approximate surface area is 99.3 Å². The van der Waals surface area contributed by atoms with Crippen LogP contribution < -0.4 is 5.73 Å². The minimum absolute atomic E-state index is 0.265. The van der Waals surface area contributed by atoms with Gasteiger partial charge in [-0.05, 0) is 25.8 Å². The van der Waals surface area contributed by atoms with Gasteiger partial charge in [0.15, 0.2) is 0 Å². The first kappa shape index (κ1) is 12.3. The molecule has 3 unspecified atom stereocenters. The number of nitrogens with two attached hydrogens (primary N) is 1. The van der Waals surface area contributed by atoms with Gasteiger partial charge in [-0.1, -0.05) is 19.8 Å². The molecule has 2 rings (SSSR count). The lowest BCUT2D eigenvalue weighted by Gasteiger charge is -2.32. The third-order valence-electron chi connectivity index (χ3n) is 4.19. The molecular formula is C13H26N2O. The van der Waals surface area contributed by atoms with Crippen molar-refractivity contribution < 1.29 is 4.74 Å². The van der Waals surface area contributed by atoms with Crippen molar-refractivity contribution in [2.75, 3.05) is 26.3 Å². The highest BCUT2D eigenvalue weighted by molar-refractivity contribution is 4.84. The summed E-state index contributed by atoms with van der Waals surface area (Å²) in [5.74, 6) is 0.562. The summed E-state index contributed by atoms with van der Waals surface area (Å²) in [5, 5.41) is 0. The van der Waals surface area contributed by atoms with E-state index in [1.165, 1.54) is 38.6 Å². The van der Waals surface area contributed by atoms with Crippen molar-refractivity contribution in [3.05, 3.63) is 0 Å². The average molecular weight is 226 g/mol. The van der Waals surface area contributed by atoms with Crippen LogP contribution in [0.2, 0.25) is 0 Å². The Morgan fingerprint density at radius 2 is 2.12 bits per heavy atom. The molecule has 0 aromatic carbocycles. The molecule has 2 aliphatic rings. The lowest BCUT2D eigenvalue weighted by molar-refractivity contribution is 0.141. The van der Waals surface area contributed by atoms with Crippen LogP contribution in [0.3, 0.4) is 0 Å². The quantitative estimate of drug-likeness (QED) is 0.794. The van der Waals surface area contributed by atoms with Gasteiger partial charge in [-0.2, -0.15) is 0 Å². The van der Waals surface area contributed by atoms with Crippen LogP contribution in [0.15, 0.2) is 0 Å². The monoisotopic (exact) mass is 226 g/mol. The lowest BCUT2D eigenvalue weighted by atomic mass is 10.0. The zero-order valence-electron chi connectivity index (χ0n) is 10.5. The molecule has 94 valence electrons. The molecule has 2 N–H and O–H groups in total. The maximum absolute atomic E-state index is 6.07. The van der Waals surface area contributed by atoms with Crippen molar-refractivity contribution in [1.82, 2.24) is 4.90 Å². The van der Waals surface area contributed by atoms with E-state index in [4.69, 9.17) is 10.5 Å². The first-order valence-corrected chi connectivity index (χ1v) is 6.88. The molecule has 2 aliphatic heterocycles. The standard InChI is InChI=1S/C13H26N2O/c1-2-12-6-4-3-5-7-15(12)8-11-9-16-10-13(11)14/h11-13H,2-10,14H2,1H3. The molecule has 0 amide bonds. The van der Waals surface area contributed by atoms with Gasteiger partial charge in [0, 0.05) is 24.5 Å². The van der Waals surface area contributed by atoms with Gasteiger partial charge in [-0.3, -0.25) is 4.90 Å². The highest BCUT2D eigenvalue weighted by Crippen LogP contribution is 2.22. The van der Waals surface area contributed by atoms with E-state index >= 15 is 0 Å². The maximum atomic E-state index is 6.07. The minimum atomic E-state index is 0.265. The van der Waals surface area contributed by atoms with E-state index in [1.54, 1.807) is 0 Å². The van der Waals surface area contributed by atoms with Gasteiger partial charge in [0.2, 0.25) is 0 Å². The number of rotatable bonds is 3. The SMILES string of the molecule is CCC1CCCCCN1CC1COCC1N. The van der Waals surface area contributed by atoms with Crippen LogP contribution >= 0.6 is 0 Å². The summed E-state index contributed by atoms with van der Waals surface area (Å²) < 4.78 is 5.46. The molecule has 0 aliphatic carbocycles. The topological polar surface area (TPSA) is 38.5 Å². The van der Waals surface area contributed by atoms with Crippen LogP contribution in [0, 0.1) is 5.92 Å². The second-order valence-corrected chi connectivity index (χ2v) is 5.37. The van der Waals surface area contributed by atoms with Gasteiger partial charge in [-0.15, -0.1) is 0 Å². The second-order valence-electron chi connectivity index (χ2n) is 5.37. The van der Waals surface area contributed by atoms with E-state index in [1.807, 2.05) is 0 Å². The van der Waals surface area contributed by atoms with Crippen molar-refractivity contribution in [2.24, 2.45) is 11.7 Å². The largest absolute Gasteiger partial charge is 0.379 e. The normalized spacial score (nSPS) is 37.5. The highest BCUT2D eigenvalue weighted by atomic mass is 16.5. The van der Waals surface area contributed by atoms with Crippen LogP contribution in [0.25, 0.3) is 0 Å². The fourth-order valence-electron chi connectivity index (χ4n) is 3.04. The minimum Gasteiger partial charge on any atom is -0.379 e. The molecule has 0 radical (unpaired) electrons. The summed E-state index contributed by atoms with van der Waals surface area (Å²) in [6.45, 7) is 6.36. The van der Waals surface area contributed by atoms with E-state index < -0.39 is 0 Å². The summed E-state index contributed by atoms with van der Waals surface area (Å²) in [7, 11) is 0. The highest BCUT2D eigenvalue weighted by Gasteiger charge is 2.29. The van der Waals surface area contributed by atoms with Crippen LogP contribution in [-0.4, -0.2) is 43.3 Å². The van der Waals surface area contributed by atoms with Crippen LogP contribution in [0.5, 0.6) is 0 Å². The predicted molar refractivity (Wildman–Crippen MR) is 66.4 cm³/mol. The molecule has 0 aromatic heterocycles. The van der Waals surface area contributed by atoms with Crippen molar-refractivity contribution in [3.8, 4) is 0 Å². The van der Waals surface area contributed by atoms with Crippen LogP contribution in [0.4, 0.5) is 0 Å². The lowest BCUT2D eigenvalue weighted by Crippen LogP contribution is -2.43. The summed E-state index contributed by atoms with van der Waals surface area (Å²) >= 11 is 0. The van der Waals surface area contributed by atoms with Crippen LogP contribution in [0.1, 0.15) is 39.0 Å². The number of likely N-dealkylation sites (tertiary alicyclic amines) is 1. The molecule has 0 spiro atoms. The Morgan fingerprint density at radius 1 is 1.25 bits per heavy atom. The van der Waals surface area contributed by atoms with Crippen molar-refractivity contribution in [2.45, 2.75) is 51.1 Å². The summed E-state index contributed by atoms with van der Waals surface area (Å²) in [5.41, 5.74) is 6.07. The summed E-state index contributed by atoms with van der Waals surface area (Å²) in [6.07, 6.45) is 6.82. The number of hydrogen-bond acceptors (Lipinski definition) is 3. The Morgan fingerprint density at radius 3 is 2.81 bits per heavy atom. The van der Waals surface area contributed by atoms with Crippen molar-refractivity contribution in [1.29, 1.82) is 0 Å². The van der Waals surface area contributed by atoms with Crippen molar-refractivity contribution >= 4 is 0 Å². The second kappa shape index (κ2) is 5.99. The third-order valence-corrected chi connectivity index (χ3v) is 4.19. The van der Waals surface area contributed by atoms with E-state index in [-0.39, 0.29) is 6.04 Å². The molecule has 3 nitrogen and oxygen atoms in total. The van der Waals surface area contributed by atoms with E-state index in [0.29, 0.717) is 5.92 Å². The Kier molecular flexibility index (Phi) is 4.62. The van der Waals surface area contributed by atoms with Gasteiger partial charge in [0.25, 0.3) is 0 Å². The number of hydrogen-bond donors (Lipinski definition) is 1. The van der Waals surface area contributed by atoms with Gasteiger partial charge in [-0.25, -0.2) is 0 Å². The first-order valence-electron chi connectivity index (χ1n) is 6.88. The molecule has 2 fully saturated rings. The van der Waals surface area contributed by atoms with Gasteiger partial charge in [0.05, 0.1) is 13.2 Å². The van der Waals surface area contributed by atoms with E-state index in [0.717, 1.165) is 25.8 Å². The summed E-state index contributed by atoms with van der Waals surface area (Å²) in [4.78, 5) is 2.67. The molecule has 3 heteroatoms. The Bertz CT molecular complexity index is 210. The van der Waals surface area contributed by atoms with Crippen molar-refractivity contribution in [3.63, 3.8) is 0 Å². The third kappa shape index (κ3) is 2.96. The average Bonchev–Trinajstić information content (AvgIpc) is 2.56. The molecular weight excluding hydrogens is 200 g/mol. The molecule has 0 saturated carbocycles. The Hall–Kier alpha value is -0.120. The first-order chi connectivity index (χ1) is 7.81. The molecule has 2 saturated heterocycles. The fourth-order valence-corrected chi connectivity index (χ4v) is 3.04. The van der Waals surface area contributed by atoms with Crippen LogP contribution in [-0.2, 0) is 4.74 Å². The molecule has 0 aromatic rings. The number of ether oxygens (including phenoxy) is 1. The molecule has 3 atom stereocenters. The predicted octanol–water partition coefficient (Wildman–Crippen LogP) is 1.61. The molecule has 0 bridgehead atoms. The smallest absolute Gasteiger partial charge is 0.0621 e. The van der Waals surface area contributed by atoms with Gasteiger partial charge in [0.1, 0.15) is 0 Å². The van der Waals surface area contributed by atoms with E-state index in [9.17, 15) is 0 Å². The summed E-state index contributed by atoms with van der Waals surface area (Å²) in [6, 6.07) is 1.05. The van der Waals surface area contributed by atoms with Gasteiger partial charge < -0.3 is 10.5 Å². The van der Waals surface area contributed by atoms with E-state index in [2.05, 4.69) is 11.8 Å².